The second kappa shape index (κ2) is 8.59. The van der Waals surface area contributed by atoms with Gasteiger partial charge in [-0.25, -0.2) is 13.8 Å². The Labute approximate surface area is 146 Å². The van der Waals surface area contributed by atoms with Gasteiger partial charge in [0.2, 0.25) is 5.91 Å². The average Bonchev–Trinajstić information content (AvgIpc) is 2.59. The van der Waals surface area contributed by atoms with Crippen LogP contribution in [0.4, 0.5) is 27.8 Å². The summed E-state index contributed by atoms with van der Waals surface area (Å²) >= 11 is 0. The number of hydrogen-bond donors (Lipinski definition) is 2. The first-order valence-corrected chi connectivity index (χ1v) is 7.74. The first kappa shape index (κ1) is 19.6. The van der Waals surface area contributed by atoms with Crippen LogP contribution in [0, 0.1) is 11.6 Å². The lowest BCUT2D eigenvalue weighted by Gasteiger charge is -2.13. The van der Waals surface area contributed by atoms with Gasteiger partial charge in [0, 0.05) is 25.7 Å². The number of carbonyl (C=O) groups excluding carboxylic acids is 1. The Morgan fingerprint density at radius 3 is 2.62 bits per heavy atom. The van der Waals surface area contributed by atoms with Crippen LogP contribution < -0.4 is 10.6 Å². The number of nitrogens with zero attached hydrogens (tertiary/aromatic N) is 1. The number of halogens is 5. The molecule has 2 rings (SSSR count). The molecule has 0 aliphatic carbocycles. The molecule has 1 aromatic heterocycles. The molecule has 2 N–H and O–H groups in total. The molecule has 1 heterocycles. The Balaban J connectivity index is 1.77. The Morgan fingerprint density at radius 2 is 1.88 bits per heavy atom. The van der Waals surface area contributed by atoms with Crippen LogP contribution in [0.2, 0.25) is 0 Å². The molecule has 0 aliphatic rings. The van der Waals surface area contributed by atoms with Gasteiger partial charge in [0.15, 0.2) is 0 Å². The molecule has 140 valence electrons. The first-order valence-electron chi connectivity index (χ1n) is 7.74. The van der Waals surface area contributed by atoms with Crippen molar-refractivity contribution in [3.63, 3.8) is 0 Å². The van der Waals surface area contributed by atoms with Gasteiger partial charge in [-0.3, -0.25) is 4.79 Å². The Morgan fingerprint density at radius 1 is 1.12 bits per heavy atom. The molecule has 0 aliphatic heterocycles. The maximum absolute atomic E-state index is 13.4. The number of pyridine rings is 1. The third kappa shape index (κ3) is 5.68. The minimum atomic E-state index is -4.53. The fourth-order valence-electron chi connectivity index (χ4n) is 2.23. The van der Waals surface area contributed by atoms with E-state index >= 15 is 0 Å². The van der Waals surface area contributed by atoms with E-state index in [1.54, 1.807) is 0 Å². The van der Waals surface area contributed by atoms with Crippen LogP contribution in [-0.2, 0) is 17.4 Å². The van der Waals surface area contributed by atoms with Crippen molar-refractivity contribution in [2.45, 2.75) is 19.0 Å². The topological polar surface area (TPSA) is 54.0 Å². The number of hydrogen-bond acceptors (Lipinski definition) is 3. The lowest BCUT2D eigenvalue weighted by molar-refractivity contribution is -0.137. The van der Waals surface area contributed by atoms with Crippen LogP contribution in [-0.4, -0.2) is 24.0 Å². The highest BCUT2D eigenvalue weighted by Crippen LogP contribution is 2.33. The van der Waals surface area contributed by atoms with E-state index in [2.05, 4.69) is 15.6 Å². The summed E-state index contributed by atoms with van der Waals surface area (Å²) in [6.07, 6.45) is -3.36. The van der Waals surface area contributed by atoms with Crippen LogP contribution >= 0.6 is 0 Å². The summed E-state index contributed by atoms with van der Waals surface area (Å²) in [6, 6.07) is 5.07. The van der Waals surface area contributed by atoms with Crippen molar-refractivity contribution in [2.75, 3.05) is 18.4 Å². The molecule has 0 unspecified atom stereocenters. The van der Waals surface area contributed by atoms with Crippen LogP contribution in [0.1, 0.15) is 17.5 Å². The molecule has 9 heteroatoms. The summed E-state index contributed by atoms with van der Waals surface area (Å²) in [4.78, 5) is 15.3. The van der Waals surface area contributed by atoms with E-state index in [4.69, 9.17) is 0 Å². The number of aromatic nitrogens is 1. The minimum Gasteiger partial charge on any atom is -0.368 e. The highest BCUT2D eigenvalue weighted by Gasteiger charge is 2.33. The number of carbonyl (C=O) groups is 1. The molecule has 4 nitrogen and oxygen atoms in total. The van der Waals surface area contributed by atoms with Crippen LogP contribution in [0.15, 0.2) is 36.5 Å². The molecule has 0 saturated carbocycles. The second-order valence-corrected chi connectivity index (χ2v) is 5.41. The lowest BCUT2D eigenvalue weighted by atomic mass is 10.1. The van der Waals surface area contributed by atoms with E-state index in [0.717, 1.165) is 24.3 Å². The Hall–Kier alpha value is -2.71. The lowest BCUT2D eigenvalue weighted by Crippen LogP contribution is -2.29. The van der Waals surface area contributed by atoms with Crippen LogP contribution in [0.3, 0.4) is 0 Å². The van der Waals surface area contributed by atoms with E-state index in [1.807, 2.05) is 0 Å². The zero-order valence-corrected chi connectivity index (χ0v) is 13.5. The van der Waals surface area contributed by atoms with Crippen molar-refractivity contribution >= 4 is 11.7 Å². The fraction of sp³-hybridized carbons (Fsp3) is 0.294. The number of aryl methyl sites for hydroxylation is 1. The summed E-state index contributed by atoms with van der Waals surface area (Å²) in [5.74, 6) is -1.94. The molecule has 1 amide bonds. The van der Waals surface area contributed by atoms with Gasteiger partial charge in [0.25, 0.3) is 0 Å². The van der Waals surface area contributed by atoms with Gasteiger partial charge in [0.1, 0.15) is 17.5 Å². The maximum atomic E-state index is 13.4. The standard InChI is InChI=1S/C17H16F5N3O/c18-12-4-5-14(19)11(10-12)3-6-15(26)23-8-9-25-16-13(17(20,21)22)2-1-7-24-16/h1-2,4-5,7,10H,3,6,8-9H2,(H,23,26)(H,24,25). The molecular weight excluding hydrogens is 357 g/mol. The molecule has 0 fully saturated rings. The van der Waals surface area contributed by atoms with Crippen molar-refractivity contribution in [2.24, 2.45) is 0 Å². The maximum Gasteiger partial charge on any atom is 0.419 e. The largest absolute Gasteiger partial charge is 0.419 e. The summed E-state index contributed by atoms with van der Waals surface area (Å²) in [7, 11) is 0. The van der Waals surface area contributed by atoms with Gasteiger partial charge < -0.3 is 10.6 Å². The molecule has 0 atom stereocenters. The van der Waals surface area contributed by atoms with E-state index < -0.39 is 29.3 Å². The summed E-state index contributed by atoms with van der Waals surface area (Å²) in [5.41, 5.74) is -0.811. The number of rotatable bonds is 7. The van der Waals surface area contributed by atoms with Crippen molar-refractivity contribution < 1.29 is 26.7 Å². The van der Waals surface area contributed by atoms with E-state index in [-0.39, 0.29) is 37.3 Å². The number of alkyl halides is 3. The number of amides is 1. The molecule has 0 saturated heterocycles. The zero-order valence-electron chi connectivity index (χ0n) is 13.5. The number of anilines is 1. The Kier molecular flexibility index (Phi) is 6.48. The third-order valence-electron chi connectivity index (χ3n) is 3.48. The average molecular weight is 373 g/mol. The van der Waals surface area contributed by atoms with Crippen LogP contribution in [0.5, 0.6) is 0 Å². The van der Waals surface area contributed by atoms with Gasteiger partial charge in [-0.05, 0) is 42.3 Å². The predicted octanol–water partition coefficient (Wildman–Crippen LogP) is 3.54. The molecule has 1 aromatic carbocycles. The van der Waals surface area contributed by atoms with E-state index in [0.29, 0.717) is 0 Å². The molecule has 2 aromatic rings. The summed E-state index contributed by atoms with van der Waals surface area (Å²) in [5, 5.41) is 5.00. The summed E-state index contributed by atoms with van der Waals surface area (Å²) < 4.78 is 64.9. The van der Waals surface area contributed by atoms with E-state index in [9.17, 15) is 26.7 Å². The van der Waals surface area contributed by atoms with Gasteiger partial charge in [-0.1, -0.05) is 0 Å². The Bertz CT molecular complexity index is 764. The quantitative estimate of drug-likeness (QED) is 0.577. The highest BCUT2D eigenvalue weighted by molar-refractivity contribution is 5.76. The normalized spacial score (nSPS) is 11.3. The van der Waals surface area contributed by atoms with Crippen LogP contribution in [0.25, 0.3) is 0 Å². The fourth-order valence-corrected chi connectivity index (χ4v) is 2.23. The second-order valence-electron chi connectivity index (χ2n) is 5.41. The smallest absolute Gasteiger partial charge is 0.368 e. The number of benzene rings is 1. The molecule has 0 radical (unpaired) electrons. The molecule has 0 bridgehead atoms. The monoisotopic (exact) mass is 373 g/mol. The predicted molar refractivity (Wildman–Crippen MR) is 85.4 cm³/mol. The van der Waals surface area contributed by atoms with Gasteiger partial charge in [0.05, 0.1) is 5.56 Å². The van der Waals surface area contributed by atoms with Gasteiger partial charge >= 0.3 is 6.18 Å². The first-order chi connectivity index (χ1) is 12.3. The molecule has 26 heavy (non-hydrogen) atoms. The van der Waals surface area contributed by atoms with E-state index in [1.165, 1.54) is 12.3 Å². The minimum absolute atomic E-state index is 0.0152. The third-order valence-corrected chi connectivity index (χ3v) is 3.48. The molecule has 0 spiro atoms. The van der Waals surface area contributed by atoms with Crippen molar-refractivity contribution in [1.82, 2.24) is 10.3 Å². The van der Waals surface area contributed by atoms with Crippen molar-refractivity contribution in [3.05, 3.63) is 59.3 Å². The van der Waals surface area contributed by atoms with Gasteiger partial charge in [-0.2, -0.15) is 13.2 Å². The number of nitrogens with one attached hydrogen (secondary N) is 2. The zero-order chi connectivity index (χ0) is 19.2. The van der Waals surface area contributed by atoms with Crippen molar-refractivity contribution in [3.8, 4) is 0 Å². The molecular formula is C17H16F5N3O. The summed E-state index contributed by atoms with van der Waals surface area (Å²) in [6.45, 7) is 0.0818. The highest BCUT2D eigenvalue weighted by atomic mass is 19.4. The SMILES string of the molecule is O=C(CCc1cc(F)ccc1F)NCCNc1ncccc1C(F)(F)F. The van der Waals surface area contributed by atoms with Crippen molar-refractivity contribution in [1.29, 1.82) is 0 Å². The van der Waals surface area contributed by atoms with Gasteiger partial charge in [-0.15, -0.1) is 0 Å².